The highest BCUT2D eigenvalue weighted by molar-refractivity contribution is 6.01. The number of hydrogen-bond donors (Lipinski definition) is 8. The lowest BCUT2D eigenvalue weighted by atomic mass is 9.96. The van der Waals surface area contributed by atoms with Crippen molar-refractivity contribution in [1.29, 1.82) is 0 Å². The number of carbonyl (C=O) groups excluding carboxylic acids is 4. The first-order valence-corrected chi connectivity index (χ1v) is 37.9. The number of allylic oxidation sites excluding steroid dienone is 8. The number of carbonyl (C=O) groups is 4. The first-order chi connectivity index (χ1) is 53.3. The summed E-state index contributed by atoms with van der Waals surface area (Å²) < 4.78 is 5.14. The molecule has 0 radical (unpaired) electrons. The first kappa shape index (κ1) is 77.7. The van der Waals surface area contributed by atoms with Gasteiger partial charge in [-0.15, -0.1) is 0 Å². The number of nitrogens with one attached hydrogen (secondary N) is 4. The fourth-order valence-electron chi connectivity index (χ4n) is 14.3. The van der Waals surface area contributed by atoms with Crippen LogP contribution in [-0.2, 0) is 25.7 Å². The van der Waals surface area contributed by atoms with Crippen molar-refractivity contribution in [3.8, 4) is 22.3 Å². The standard InChI is InChI=1S/C23H24N4O.2C23H25N3O.C22H23N3O2.CH4/c24-22-6-3-19(17-7-9-25-10-8-17)15-20(22)16-23(28)18-1-4-21(5-2-18)27-13-11-26-12-14-27;2*24-22-10-7-19(17-3-1-2-4-17)15-20(22)16-23(27)18-5-8-21(9-6-18)26-13-11-25-12-14-26;23-21-6-3-17(18-7-12-27-15-18)13-19(21)14-22(26)16-1-4-20(5-2-16)25-10-8-24-9-11-25;/h1-10,15,26H,11-14,16,24H2;2*1-3,5-10,15,25H,4,11-14,16,24H2;1-7,12-13,15,24H,8-11,14,23H2;1H4. The van der Waals surface area contributed by atoms with Gasteiger partial charge in [0.1, 0.15) is 0 Å². The number of furan rings is 1. The summed E-state index contributed by atoms with van der Waals surface area (Å²) in [5.74, 6) is 0.344. The molecule has 2 aromatic heterocycles. The van der Waals surface area contributed by atoms with E-state index in [4.69, 9.17) is 27.4 Å². The molecule has 0 amide bonds. The van der Waals surface area contributed by atoms with Gasteiger partial charge >= 0.3 is 0 Å². The fraction of sp³-hybridized carbons (Fsp3) is 0.250. The molecule has 0 spiro atoms. The highest BCUT2D eigenvalue weighted by atomic mass is 16.3. The Balaban J connectivity index is 0.000000136. The number of pyridine rings is 1. The predicted molar refractivity (Wildman–Crippen MR) is 453 cm³/mol. The highest BCUT2D eigenvalue weighted by Gasteiger charge is 2.21. The molecule has 110 heavy (non-hydrogen) atoms. The molecule has 4 aliphatic heterocycles. The number of hydrogen-bond acceptors (Lipinski definition) is 18. The molecule has 10 aromatic rings. The Hall–Kier alpha value is -11.9. The molecule has 18 heteroatoms. The molecular weight excluding hydrogens is 1370 g/mol. The van der Waals surface area contributed by atoms with Crippen LogP contribution in [0.25, 0.3) is 33.4 Å². The summed E-state index contributed by atoms with van der Waals surface area (Å²) in [6.07, 6.45) is 22.6. The molecule has 6 heterocycles. The Labute approximate surface area is 646 Å². The number of Topliss-reactive ketones (excluding diaryl/α,β-unsaturated/α-hetero) is 4. The average Bonchev–Trinajstić information content (AvgIpc) is 1.73. The zero-order valence-corrected chi connectivity index (χ0v) is 61.8. The minimum absolute atomic E-state index is 0. The molecule has 4 saturated heterocycles. The van der Waals surface area contributed by atoms with Crippen LogP contribution in [0.2, 0.25) is 0 Å². The van der Waals surface area contributed by atoms with E-state index in [2.05, 4.69) is 94.4 Å². The summed E-state index contributed by atoms with van der Waals surface area (Å²) in [5.41, 5.74) is 47.1. The van der Waals surface area contributed by atoms with E-state index in [-0.39, 0.29) is 43.4 Å². The number of nitrogen functional groups attached to an aromatic ring is 4. The number of aromatic nitrogens is 1. The van der Waals surface area contributed by atoms with Crippen LogP contribution < -0.4 is 63.8 Å². The van der Waals surface area contributed by atoms with Gasteiger partial charge in [0.05, 0.1) is 12.5 Å². The summed E-state index contributed by atoms with van der Waals surface area (Å²) in [6.45, 7) is 16.0. The molecule has 16 rings (SSSR count). The van der Waals surface area contributed by atoms with E-state index in [1.54, 1.807) is 24.9 Å². The second-order valence-corrected chi connectivity index (χ2v) is 28.1. The number of nitrogens with two attached hydrogens (primary N) is 4. The van der Waals surface area contributed by atoms with Gasteiger partial charge in [0.15, 0.2) is 23.1 Å². The summed E-state index contributed by atoms with van der Waals surface area (Å²) in [7, 11) is 0. The number of benzene rings is 8. The van der Waals surface area contributed by atoms with Gasteiger partial charge in [-0.25, -0.2) is 0 Å². The Morgan fingerprint density at radius 3 is 0.891 bits per heavy atom. The maximum atomic E-state index is 12.8. The van der Waals surface area contributed by atoms with E-state index < -0.39 is 0 Å². The lowest BCUT2D eigenvalue weighted by Gasteiger charge is -2.29. The average molecular weight is 1470 g/mol. The van der Waals surface area contributed by atoms with Crippen LogP contribution in [0.5, 0.6) is 0 Å². The lowest BCUT2D eigenvalue weighted by molar-refractivity contribution is 0.0985. The van der Waals surface area contributed by atoms with Crippen molar-refractivity contribution < 1.29 is 23.6 Å². The minimum atomic E-state index is 0. The number of rotatable bonds is 20. The van der Waals surface area contributed by atoms with E-state index >= 15 is 0 Å². The zero-order chi connectivity index (χ0) is 75.3. The summed E-state index contributed by atoms with van der Waals surface area (Å²) in [5, 5.41) is 13.4. The van der Waals surface area contributed by atoms with Crippen LogP contribution in [0.4, 0.5) is 45.5 Å². The van der Waals surface area contributed by atoms with Crippen LogP contribution in [-0.4, -0.2) is 133 Å². The molecule has 0 unspecified atom stereocenters. The van der Waals surface area contributed by atoms with Gasteiger partial charge in [-0.3, -0.25) is 24.2 Å². The number of piperazine rings is 4. The third-order valence-corrected chi connectivity index (χ3v) is 20.8. The normalized spacial score (nSPS) is 15.2. The predicted octanol–water partition coefficient (Wildman–Crippen LogP) is 14.1. The van der Waals surface area contributed by atoms with E-state index in [1.165, 1.54) is 22.5 Å². The smallest absolute Gasteiger partial charge is 0.167 e. The van der Waals surface area contributed by atoms with Crippen LogP contribution in [0.15, 0.2) is 254 Å². The second kappa shape index (κ2) is 38.2. The Kier molecular flexibility index (Phi) is 27.0. The van der Waals surface area contributed by atoms with Crippen molar-refractivity contribution in [3.05, 3.63) is 305 Å². The van der Waals surface area contributed by atoms with Gasteiger partial charge in [0.2, 0.25) is 0 Å². The molecular formula is C92H101N13O5. The van der Waals surface area contributed by atoms with Gasteiger partial charge in [-0.2, -0.15) is 0 Å². The van der Waals surface area contributed by atoms with Crippen LogP contribution >= 0.6 is 0 Å². The maximum absolute atomic E-state index is 12.8. The van der Waals surface area contributed by atoms with Crippen molar-refractivity contribution in [1.82, 2.24) is 26.3 Å². The van der Waals surface area contributed by atoms with Crippen LogP contribution in [0.1, 0.15) is 95.1 Å². The monoisotopic (exact) mass is 1470 g/mol. The molecule has 2 aliphatic carbocycles. The van der Waals surface area contributed by atoms with E-state index in [0.717, 1.165) is 196 Å². The summed E-state index contributed by atoms with van der Waals surface area (Å²) in [4.78, 5) is 64.5. The van der Waals surface area contributed by atoms with Gasteiger partial charge in [0.25, 0.3) is 0 Å². The third kappa shape index (κ3) is 20.6. The largest absolute Gasteiger partial charge is 0.472 e. The molecule has 12 N–H and O–H groups in total. The van der Waals surface area contributed by atoms with Gasteiger partial charge in [-0.1, -0.05) is 68.1 Å². The highest BCUT2D eigenvalue weighted by Crippen LogP contribution is 2.32. The first-order valence-electron chi connectivity index (χ1n) is 37.9. The number of anilines is 8. The maximum Gasteiger partial charge on any atom is 0.167 e. The van der Waals surface area contributed by atoms with Gasteiger partial charge in [-0.05, 0) is 238 Å². The van der Waals surface area contributed by atoms with Gasteiger partial charge in [0, 0.05) is 216 Å². The molecule has 8 aromatic carbocycles. The molecule has 18 nitrogen and oxygen atoms in total. The van der Waals surface area contributed by atoms with Crippen LogP contribution in [0, 0.1) is 0 Å². The van der Waals surface area contributed by atoms with Gasteiger partial charge < -0.3 is 68.2 Å². The SMILES string of the molecule is C.Nc1ccc(-c2ccncc2)cc1CC(=O)c1ccc(N2CCNCC2)cc1.Nc1ccc(-c2ccoc2)cc1CC(=O)c1ccc(N2CCNCC2)cc1.Nc1ccc(C2=CC=CC2)cc1CC(=O)c1ccc(N2CCNCC2)cc1.Nc1ccc(C2=CC=CC2)cc1CC(=O)c1ccc(N2CCNCC2)cc1. The Morgan fingerprint density at radius 2 is 0.618 bits per heavy atom. The summed E-state index contributed by atoms with van der Waals surface area (Å²) >= 11 is 0. The van der Waals surface area contributed by atoms with E-state index in [0.29, 0.717) is 46.7 Å². The second-order valence-electron chi connectivity index (χ2n) is 28.1. The Bertz CT molecular complexity index is 4730. The van der Waals surface area contributed by atoms with Crippen molar-refractivity contribution >= 4 is 79.8 Å². The van der Waals surface area contributed by atoms with Crippen molar-refractivity contribution in [2.24, 2.45) is 0 Å². The quantitative estimate of drug-likeness (QED) is 0.0261. The number of nitrogens with zero attached hydrogens (tertiary/aromatic N) is 5. The van der Waals surface area contributed by atoms with E-state index in [9.17, 15) is 19.2 Å². The molecule has 0 saturated carbocycles. The number of ketones is 4. The van der Waals surface area contributed by atoms with Crippen LogP contribution in [0.3, 0.4) is 0 Å². The molecule has 0 bridgehead atoms. The van der Waals surface area contributed by atoms with Crippen molar-refractivity contribution in [2.75, 3.05) is 147 Å². The molecule has 4 fully saturated rings. The van der Waals surface area contributed by atoms with Crippen molar-refractivity contribution in [3.63, 3.8) is 0 Å². The Morgan fingerprint density at radius 1 is 0.336 bits per heavy atom. The molecule has 6 aliphatic rings. The lowest BCUT2D eigenvalue weighted by Crippen LogP contribution is -2.43. The van der Waals surface area contributed by atoms with Crippen molar-refractivity contribution in [2.45, 2.75) is 46.0 Å². The van der Waals surface area contributed by atoms with E-state index in [1.807, 2.05) is 176 Å². The summed E-state index contributed by atoms with van der Waals surface area (Å²) in [6, 6.07) is 61.1. The minimum Gasteiger partial charge on any atom is -0.472 e. The fourth-order valence-corrected chi connectivity index (χ4v) is 14.3. The third-order valence-electron chi connectivity index (χ3n) is 20.8. The molecule has 0 atom stereocenters. The zero-order valence-electron chi connectivity index (χ0n) is 61.8. The molecule has 564 valence electrons. The topological polar surface area (TPSA) is 259 Å².